The summed E-state index contributed by atoms with van der Waals surface area (Å²) in [4.78, 5) is 29.9. The number of hydrogen-bond donors (Lipinski definition) is 0. The molecule has 1 aliphatic rings. The first kappa shape index (κ1) is 22.8. The quantitative estimate of drug-likeness (QED) is 0.502. The minimum Gasteiger partial charge on any atom is -0.367 e. The molecule has 0 radical (unpaired) electrons. The van der Waals surface area contributed by atoms with Gasteiger partial charge in [-0.15, -0.1) is 0 Å². The number of benzene rings is 2. The Bertz CT molecular complexity index is 1050. The van der Waals surface area contributed by atoms with E-state index in [0.717, 1.165) is 29.8 Å². The second kappa shape index (κ2) is 11.0. The van der Waals surface area contributed by atoms with Crippen molar-refractivity contribution >= 4 is 11.8 Å². The van der Waals surface area contributed by atoms with E-state index in [9.17, 15) is 9.59 Å². The van der Waals surface area contributed by atoms with Gasteiger partial charge in [-0.05, 0) is 29.7 Å². The van der Waals surface area contributed by atoms with E-state index in [1.807, 2.05) is 66.4 Å². The molecule has 2 aromatic carbocycles. The fourth-order valence-electron chi connectivity index (χ4n) is 4.38. The number of carbonyl (C=O) groups is 2. The Hall–Kier alpha value is -3.38. The molecule has 0 fully saturated rings. The normalized spacial score (nSPS) is 15.2. The lowest BCUT2D eigenvalue weighted by Crippen LogP contribution is -2.48. The monoisotopic (exact) mass is 445 g/mol. The maximum atomic E-state index is 13.5. The van der Waals surface area contributed by atoms with Crippen LogP contribution in [0.5, 0.6) is 0 Å². The second-order valence-electron chi connectivity index (χ2n) is 8.32. The van der Waals surface area contributed by atoms with Gasteiger partial charge in [0.2, 0.25) is 11.8 Å². The predicted molar refractivity (Wildman–Crippen MR) is 127 cm³/mol. The highest BCUT2D eigenvalue weighted by Gasteiger charge is 2.33. The van der Waals surface area contributed by atoms with E-state index in [4.69, 9.17) is 4.74 Å². The summed E-state index contributed by atoms with van der Waals surface area (Å²) in [5.41, 5.74) is 3.19. The highest BCUT2D eigenvalue weighted by molar-refractivity contribution is 5.86. The average molecular weight is 446 g/mol. The number of nitrogens with zero attached hydrogens (tertiary/aromatic N) is 3. The number of fused-ring (bicyclic) bond motifs is 1. The second-order valence-corrected chi connectivity index (χ2v) is 8.32. The Labute approximate surface area is 195 Å². The van der Waals surface area contributed by atoms with E-state index in [0.29, 0.717) is 19.7 Å². The maximum absolute atomic E-state index is 13.5. The Morgan fingerprint density at radius 2 is 1.70 bits per heavy atom. The molecule has 172 valence electrons. The summed E-state index contributed by atoms with van der Waals surface area (Å²) < 4.78 is 7.85. The zero-order chi connectivity index (χ0) is 23.0. The molecule has 0 saturated heterocycles. The van der Waals surface area contributed by atoms with Crippen LogP contribution in [0.3, 0.4) is 0 Å². The van der Waals surface area contributed by atoms with Crippen molar-refractivity contribution in [2.45, 2.75) is 32.5 Å². The van der Waals surface area contributed by atoms with Crippen LogP contribution in [0.15, 0.2) is 79.0 Å². The number of ether oxygens (including phenoxy) is 1. The van der Waals surface area contributed by atoms with Gasteiger partial charge in [0.1, 0.15) is 6.61 Å². The molecule has 1 atom stereocenters. The predicted octanol–water partition coefficient (Wildman–Crippen LogP) is 3.88. The molecule has 0 bridgehead atoms. The lowest BCUT2D eigenvalue weighted by atomic mass is 10.00. The van der Waals surface area contributed by atoms with Gasteiger partial charge < -0.3 is 19.1 Å². The number of aromatic nitrogens is 1. The Morgan fingerprint density at radius 3 is 2.42 bits per heavy atom. The molecule has 0 spiro atoms. The highest BCUT2D eigenvalue weighted by Crippen LogP contribution is 2.32. The standard InChI is InChI=1S/C27H31N3O3/c1-2-15-29(26(32)21-33-20-22-10-5-3-6-11-22)19-25(31)30-18-17-28-16-9-14-24(28)27(30)23-12-7-4-8-13-23/h3-14,16,27H,2,15,17-21H2,1H3. The van der Waals surface area contributed by atoms with Gasteiger partial charge >= 0.3 is 0 Å². The summed E-state index contributed by atoms with van der Waals surface area (Å²) >= 11 is 0. The van der Waals surface area contributed by atoms with Crippen LogP contribution in [-0.4, -0.2) is 52.4 Å². The minimum absolute atomic E-state index is 0.0346. The van der Waals surface area contributed by atoms with Gasteiger partial charge in [-0.1, -0.05) is 67.6 Å². The SMILES string of the molecule is CCCN(CC(=O)N1CCn2cccc2C1c1ccccc1)C(=O)COCc1ccccc1. The Morgan fingerprint density at radius 1 is 0.970 bits per heavy atom. The van der Waals surface area contributed by atoms with Crippen LogP contribution in [0.4, 0.5) is 0 Å². The third-order valence-corrected chi connectivity index (χ3v) is 5.98. The fraction of sp³-hybridized carbons (Fsp3) is 0.333. The molecule has 4 rings (SSSR count). The zero-order valence-corrected chi connectivity index (χ0v) is 19.1. The van der Waals surface area contributed by atoms with Crippen molar-refractivity contribution in [2.75, 3.05) is 26.2 Å². The summed E-state index contributed by atoms with van der Waals surface area (Å²) in [5.74, 6) is -0.195. The maximum Gasteiger partial charge on any atom is 0.249 e. The van der Waals surface area contributed by atoms with Crippen molar-refractivity contribution in [2.24, 2.45) is 0 Å². The van der Waals surface area contributed by atoms with Crippen LogP contribution in [0.1, 0.15) is 36.2 Å². The molecule has 6 heteroatoms. The van der Waals surface area contributed by atoms with Crippen molar-refractivity contribution < 1.29 is 14.3 Å². The highest BCUT2D eigenvalue weighted by atomic mass is 16.5. The molecule has 1 aliphatic heterocycles. The topological polar surface area (TPSA) is 54.8 Å². The van der Waals surface area contributed by atoms with Crippen molar-refractivity contribution in [3.05, 3.63) is 95.8 Å². The zero-order valence-electron chi connectivity index (χ0n) is 19.1. The van der Waals surface area contributed by atoms with Gasteiger partial charge in [0.15, 0.2) is 0 Å². The average Bonchev–Trinajstić information content (AvgIpc) is 3.33. The van der Waals surface area contributed by atoms with E-state index in [1.165, 1.54) is 0 Å². The molecule has 1 unspecified atom stereocenters. The lowest BCUT2D eigenvalue weighted by Gasteiger charge is -2.38. The number of carbonyl (C=O) groups excluding carboxylic acids is 2. The van der Waals surface area contributed by atoms with Crippen LogP contribution in [-0.2, 0) is 27.5 Å². The van der Waals surface area contributed by atoms with E-state index >= 15 is 0 Å². The molecule has 0 aliphatic carbocycles. The van der Waals surface area contributed by atoms with E-state index in [2.05, 4.69) is 29.0 Å². The van der Waals surface area contributed by atoms with Crippen molar-refractivity contribution in [3.8, 4) is 0 Å². The smallest absolute Gasteiger partial charge is 0.249 e. The molecule has 2 amide bonds. The molecule has 1 aromatic heterocycles. The molecule has 33 heavy (non-hydrogen) atoms. The molecule has 2 heterocycles. The fourth-order valence-corrected chi connectivity index (χ4v) is 4.38. The van der Waals surface area contributed by atoms with Crippen molar-refractivity contribution in [1.82, 2.24) is 14.4 Å². The first-order valence-corrected chi connectivity index (χ1v) is 11.6. The number of rotatable bonds is 9. The summed E-state index contributed by atoms with van der Waals surface area (Å²) in [7, 11) is 0. The van der Waals surface area contributed by atoms with Gasteiger partial charge in [-0.25, -0.2) is 0 Å². The molecular formula is C27H31N3O3. The van der Waals surface area contributed by atoms with Crippen LogP contribution >= 0.6 is 0 Å². The van der Waals surface area contributed by atoms with E-state index < -0.39 is 0 Å². The number of amides is 2. The van der Waals surface area contributed by atoms with Crippen molar-refractivity contribution in [3.63, 3.8) is 0 Å². The minimum atomic E-state index is -0.157. The van der Waals surface area contributed by atoms with E-state index in [-0.39, 0.29) is 31.0 Å². The largest absolute Gasteiger partial charge is 0.367 e. The van der Waals surface area contributed by atoms with Gasteiger partial charge in [-0.2, -0.15) is 0 Å². The first-order valence-electron chi connectivity index (χ1n) is 11.6. The Balaban J connectivity index is 1.44. The molecule has 3 aromatic rings. The first-order chi connectivity index (χ1) is 16.2. The van der Waals surface area contributed by atoms with Crippen LogP contribution in [0.2, 0.25) is 0 Å². The molecule has 0 saturated carbocycles. The molecule has 6 nitrogen and oxygen atoms in total. The van der Waals surface area contributed by atoms with Gasteiger partial charge in [0, 0.05) is 31.5 Å². The van der Waals surface area contributed by atoms with Gasteiger partial charge in [0.05, 0.1) is 19.2 Å². The summed E-state index contributed by atoms with van der Waals surface area (Å²) in [6, 6.07) is 23.8. The molecular weight excluding hydrogens is 414 g/mol. The Kier molecular flexibility index (Phi) is 7.58. The van der Waals surface area contributed by atoms with E-state index in [1.54, 1.807) is 4.90 Å². The molecule has 0 N–H and O–H groups in total. The summed E-state index contributed by atoms with van der Waals surface area (Å²) in [5, 5.41) is 0. The van der Waals surface area contributed by atoms with Crippen LogP contribution < -0.4 is 0 Å². The van der Waals surface area contributed by atoms with Crippen LogP contribution in [0, 0.1) is 0 Å². The number of hydrogen-bond acceptors (Lipinski definition) is 3. The lowest BCUT2D eigenvalue weighted by molar-refractivity contribution is -0.144. The van der Waals surface area contributed by atoms with Gasteiger partial charge in [0.25, 0.3) is 0 Å². The van der Waals surface area contributed by atoms with Gasteiger partial charge in [-0.3, -0.25) is 9.59 Å². The third-order valence-electron chi connectivity index (χ3n) is 5.98. The summed E-state index contributed by atoms with van der Waals surface area (Å²) in [6.07, 6.45) is 2.84. The van der Waals surface area contributed by atoms with Crippen molar-refractivity contribution in [1.29, 1.82) is 0 Å². The summed E-state index contributed by atoms with van der Waals surface area (Å²) in [6.45, 7) is 4.30. The third kappa shape index (κ3) is 5.52. The van der Waals surface area contributed by atoms with Crippen LogP contribution in [0.25, 0.3) is 0 Å².